The molecule has 6 aliphatic rings. The van der Waals surface area contributed by atoms with Crippen LogP contribution in [0.4, 0.5) is 5.82 Å². The molecule has 71 heavy (non-hydrogen) atoms. The van der Waals surface area contributed by atoms with Crippen molar-refractivity contribution >= 4 is 41.1 Å². The Balaban J connectivity index is 1.06. The first kappa shape index (κ1) is 47.1. The molecule has 1 saturated heterocycles. The molecule has 2 fully saturated rings. The first-order valence-corrected chi connectivity index (χ1v) is 23.3. The van der Waals surface area contributed by atoms with Crippen LogP contribution in [-0.4, -0.2) is 113 Å². The molecule has 2 bridgehead atoms. The molecule has 1 saturated carbocycles. The number of nitrogens with zero attached hydrogens (tertiary/aromatic N) is 4. The van der Waals surface area contributed by atoms with Gasteiger partial charge >= 0.3 is 11.8 Å². The van der Waals surface area contributed by atoms with Crippen molar-refractivity contribution < 1.29 is 69.6 Å². The number of benzene rings is 3. The highest BCUT2D eigenvalue weighted by atomic mass is 16.7. The zero-order chi connectivity index (χ0) is 49.8. The number of carbonyl (C=O) groups is 1. The van der Waals surface area contributed by atoms with E-state index >= 15 is 0 Å². The van der Waals surface area contributed by atoms with E-state index in [1.807, 2.05) is 19.1 Å². The third-order valence-electron chi connectivity index (χ3n) is 14.0. The number of hydrogen-bond donors (Lipinski definition) is 9. The van der Waals surface area contributed by atoms with Crippen molar-refractivity contribution in [3.63, 3.8) is 0 Å². The number of phenols is 2. The van der Waals surface area contributed by atoms with Gasteiger partial charge in [0, 0.05) is 30.8 Å². The summed E-state index contributed by atoms with van der Waals surface area (Å²) in [5, 5.41) is 89.4. The fraction of sp³-hybridized carbons (Fsp3) is 0.346. The van der Waals surface area contributed by atoms with Crippen LogP contribution in [0.25, 0.3) is 5.76 Å². The Bertz CT molecular complexity index is 3000. The van der Waals surface area contributed by atoms with Gasteiger partial charge in [0.25, 0.3) is 0 Å². The van der Waals surface area contributed by atoms with E-state index in [1.54, 1.807) is 54.6 Å². The van der Waals surface area contributed by atoms with Crippen LogP contribution < -0.4 is 30.1 Å². The third-order valence-corrected chi connectivity index (χ3v) is 14.0. The van der Waals surface area contributed by atoms with Gasteiger partial charge in [-0.05, 0) is 114 Å². The van der Waals surface area contributed by atoms with Crippen LogP contribution in [0.3, 0.4) is 0 Å². The van der Waals surface area contributed by atoms with Crippen LogP contribution in [0.2, 0.25) is 0 Å². The molecule has 10 rings (SSSR count). The zero-order valence-electron chi connectivity index (χ0n) is 38.5. The first-order valence-electron chi connectivity index (χ1n) is 23.3. The van der Waals surface area contributed by atoms with Crippen LogP contribution in [-0.2, 0) is 28.0 Å². The van der Waals surface area contributed by atoms with Crippen molar-refractivity contribution in [3.05, 3.63) is 125 Å². The number of fused-ring (bicyclic) bond motifs is 3. The lowest BCUT2D eigenvalue weighted by molar-refractivity contribution is -0.338. The number of aromatic nitrogens is 1. The molecule has 5 heterocycles. The van der Waals surface area contributed by atoms with E-state index in [1.165, 1.54) is 30.8 Å². The molecule has 2 aliphatic carbocycles. The topological polar surface area (TPSA) is 306 Å². The van der Waals surface area contributed by atoms with Gasteiger partial charge in [-0.25, -0.2) is 14.8 Å². The smallest absolute Gasteiger partial charge is 0.336 e. The summed E-state index contributed by atoms with van der Waals surface area (Å²) in [6, 6.07) is 16.6. The number of aliphatic carboxylic acids is 1. The largest absolute Gasteiger partial charge is 0.508 e. The fourth-order valence-electron chi connectivity index (χ4n) is 10.6. The van der Waals surface area contributed by atoms with Gasteiger partial charge in [0.2, 0.25) is 12.0 Å². The van der Waals surface area contributed by atoms with Crippen LogP contribution in [0.5, 0.6) is 34.5 Å². The van der Waals surface area contributed by atoms with Gasteiger partial charge in [-0.2, -0.15) is 0 Å². The molecule has 0 amide bonds. The minimum atomic E-state index is -2.75. The van der Waals surface area contributed by atoms with E-state index in [0.717, 1.165) is 11.3 Å². The molecule has 11 N–H and O–H groups in total. The Morgan fingerprint density at radius 2 is 1.79 bits per heavy atom. The molecule has 4 aromatic rings. The van der Waals surface area contributed by atoms with Crippen molar-refractivity contribution in [3.8, 4) is 34.5 Å². The van der Waals surface area contributed by atoms with Crippen LogP contribution in [0.1, 0.15) is 72.9 Å². The maximum atomic E-state index is 13.3. The minimum Gasteiger partial charge on any atom is -0.508 e. The fourth-order valence-corrected chi connectivity index (χ4v) is 10.6. The summed E-state index contributed by atoms with van der Waals surface area (Å²) in [4.78, 5) is 30.1. The average Bonchev–Trinajstić information content (AvgIpc) is 4.14. The van der Waals surface area contributed by atoms with Crippen molar-refractivity contribution in [1.82, 2.24) is 4.98 Å². The molecule has 0 radical (unpaired) electrons. The summed E-state index contributed by atoms with van der Waals surface area (Å²) in [6.45, 7) is 2.24. The standard InChI is InChI=1S/C52H52N6O13/c1-2-27-18-31(21-33(59)19-27)50(13-3-4-14-50)71-45-39(23-38-42(44(45)61)36(60)22-37(68-38)29-5-8-34(9-6-29)67-16-12-32-7-10-40(53)58-32)69-49-51(65)24-30(17-28-11-15-56-41(54)20-28)43(35-25-55-26-57-35)52(66,48(51)64)46(70-49)47(62)63/h5-11,15,18-24,26,37,43,46,48-49,53,59-61,64-66H,2-4,12-14,16-17,25H2,1H3,(H2,54,56)(H,62,63)/p+1. The molecule has 19 heteroatoms. The molecule has 19 nitrogen and oxygen atoms in total. The number of nitrogen functional groups attached to an aromatic ring is 1. The van der Waals surface area contributed by atoms with E-state index in [-0.39, 0.29) is 64.4 Å². The number of carboxylic acid groups (broad SMARTS) is 1. The Morgan fingerprint density at radius 3 is 2.48 bits per heavy atom. The average molecular weight is 970 g/mol. The van der Waals surface area contributed by atoms with E-state index in [4.69, 9.17) is 34.8 Å². The molecule has 4 aliphatic heterocycles. The van der Waals surface area contributed by atoms with Gasteiger partial charge in [-0.1, -0.05) is 30.7 Å². The number of rotatable bonds is 15. The first-order chi connectivity index (χ1) is 34.1. The van der Waals surface area contributed by atoms with Gasteiger partial charge in [0.1, 0.15) is 64.1 Å². The van der Waals surface area contributed by atoms with Crippen molar-refractivity contribution in [2.75, 3.05) is 18.9 Å². The molecular weight excluding hydrogens is 917 g/mol. The number of nitrogens with two attached hydrogens (primary N) is 2. The highest BCUT2D eigenvalue weighted by molar-refractivity contribution is 6.13. The Kier molecular flexibility index (Phi) is 12.1. The highest BCUT2D eigenvalue weighted by Gasteiger charge is 2.71. The van der Waals surface area contributed by atoms with Gasteiger partial charge < -0.3 is 65.2 Å². The predicted octanol–water partition coefficient (Wildman–Crippen LogP) is 3.75. The van der Waals surface area contributed by atoms with E-state index in [2.05, 4.69) is 20.0 Å². The highest BCUT2D eigenvalue weighted by Crippen LogP contribution is 2.57. The maximum absolute atomic E-state index is 13.3. The number of anilines is 1. The maximum Gasteiger partial charge on any atom is 0.336 e. The van der Waals surface area contributed by atoms with Crippen molar-refractivity contribution in [2.24, 2.45) is 20.9 Å². The van der Waals surface area contributed by atoms with Crippen molar-refractivity contribution in [2.45, 2.75) is 93.3 Å². The number of aliphatic hydroxyl groups excluding tert-OH is 2. The monoisotopic (exact) mass is 969 g/mol. The number of pyridine rings is 1. The molecule has 7 unspecified atom stereocenters. The lowest BCUT2D eigenvalue weighted by Crippen LogP contribution is -2.79. The predicted molar refractivity (Wildman–Crippen MR) is 258 cm³/mol. The molecule has 0 spiro atoms. The Hall–Kier alpha value is -7.58. The molecular formula is C52H53N6O13+. The number of allylic oxidation sites excluding steroid dienone is 1. The van der Waals surface area contributed by atoms with Crippen LogP contribution >= 0.6 is 0 Å². The van der Waals surface area contributed by atoms with E-state index < -0.39 is 59.0 Å². The molecule has 3 aromatic carbocycles. The number of aliphatic hydroxyl groups is 4. The summed E-state index contributed by atoms with van der Waals surface area (Å²) in [6.07, 6.45) is 4.68. The van der Waals surface area contributed by atoms with Crippen LogP contribution in [0.15, 0.2) is 112 Å². The molecule has 368 valence electrons. The van der Waals surface area contributed by atoms with E-state index in [9.17, 15) is 40.5 Å². The number of aryl methyl sites for hydroxylation is 1. The second kappa shape index (κ2) is 18.3. The second-order valence-electron chi connectivity index (χ2n) is 18.6. The van der Waals surface area contributed by atoms with E-state index in [0.29, 0.717) is 73.4 Å². The quantitative estimate of drug-likeness (QED) is 0.0767. The lowest BCUT2D eigenvalue weighted by atomic mass is 9.60. The number of carboxylic acids is 1. The van der Waals surface area contributed by atoms with Crippen molar-refractivity contribution in [1.29, 1.82) is 0 Å². The Labute approximate surface area is 406 Å². The van der Waals surface area contributed by atoms with Gasteiger partial charge in [0.05, 0.1) is 24.8 Å². The normalized spacial score (nSPS) is 27.0. The summed E-state index contributed by atoms with van der Waals surface area (Å²) in [7, 11) is 0. The van der Waals surface area contributed by atoms with Gasteiger partial charge in [0.15, 0.2) is 28.9 Å². The van der Waals surface area contributed by atoms with Gasteiger partial charge in [-0.15, -0.1) is 0 Å². The van der Waals surface area contributed by atoms with Crippen LogP contribution in [0, 0.1) is 5.92 Å². The number of phenolic OH excluding ortho intramolecular Hbond substituents is 2. The molecule has 1 aromatic heterocycles. The number of hydrogen-bond acceptors (Lipinski definition) is 16. The summed E-state index contributed by atoms with van der Waals surface area (Å²) < 4.78 is 32.0. The molecule has 7 atom stereocenters. The minimum absolute atomic E-state index is 0.00241. The number of amidine groups is 1. The zero-order valence-corrected chi connectivity index (χ0v) is 38.5. The number of aromatic hydroxyl groups is 2. The second-order valence-corrected chi connectivity index (χ2v) is 18.6. The summed E-state index contributed by atoms with van der Waals surface area (Å²) in [5.74, 6) is -3.68. The lowest BCUT2D eigenvalue weighted by Gasteiger charge is -2.57. The summed E-state index contributed by atoms with van der Waals surface area (Å²) >= 11 is 0. The van der Waals surface area contributed by atoms with Gasteiger partial charge in [-0.3, -0.25) is 10.4 Å². The number of ether oxygens (including phenoxy) is 5. The third kappa shape index (κ3) is 8.53. The number of aliphatic imine (C=N–C) groups is 3. The Morgan fingerprint density at radius 1 is 1.00 bits per heavy atom. The summed E-state index contributed by atoms with van der Waals surface area (Å²) in [5.41, 5.74) is 3.07. The SMILES string of the molecule is CCc1cc(O)cc(C2(Oc3c(OC4OC(C(=O)O)C5(O)C(C6=NC=NC6)C(Cc6ccnc(N)c6)=CC4(O)C5O)cc4c(c3O)C(O)=CC(c3ccc(OCCC5=NC(=[NH2+])C=C5)cc3)O4)CCCC2)c1.